The van der Waals surface area contributed by atoms with Crippen molar-refractivity contribution in [2.75, 3.05) is 6.61 Å². The number of benzene rings is 1. The number of carbonyl (C=O) groups is 2. The molecule has 6 nitrogen and oxygen atoms in total. The lowest BCUT2D eigenvalue weighted by molar-refractivity contribution is -0.143. The second-order valence-corrected chi connectivity index (χ2v) is 4.70. The Labute approximate surface area is 123 Å². The average Bonchev–Trinajstić information content (AvgIpc) is 2.47. The first-order valence-electron chi connectivity index (χ1n) is 6.56. The van der Waals surface area contributed by atoms with Crippen molar-refractivity contribution in [3.8, 4) is 6.07 Å². The number of ether oxygens (including phenoxy) is 1. The highest BCUT2D eigenvalue weighted by molar-refractivity contribution is 5.84. The van der Waals surface area contributed by atoms with Crippen LogP contribution in [0.15, 0.2) is 30.3 Å². The Hall–Kier alpha value is -2.39. The lowest BCUT2D eigenvalue weighted by Crippen LogP contribution is -2.43. The van der Waals surface area contributed by atoms with E-state index in [1.165, 1.54) is 0 Å². The van der Waals surface area contributed by atoms with E-state index in [4.69, 9.17) is 15.1 Å². The number of aliphatic carboxylic acids is 1. The van der Waals surface area contributed by atoms with Crippen LogP contribution < -0.4 is 5.32 Å². The molecule has 0 aliphatic rings. The van der Waals surface area contributed by atoms with Crippen molar-refractivity contribution in [3.63, 3.8) is 0 Å². The lowest BCUT2D eigenvalue weighted by atomic mass is 10.0. The first-order chi connectivity index (χ1) is 10.0. The van der Waals surface area contributed by atoms with E-state index in [9.17, 15) is 9.59 Å². The summed E-state index contributed by atoms with van der Waals surface area (Å²) in [6, 6.07) is 10.2. The van der Waals surface area contributed by atoms with Crippen LogP contribution in [0, 0.1) is 17.2 Å². The Bertz CT molecular complexity index is 510. The highest BCUT2D eigenvalue weighted by atomic mass is 16.5. The maximum absolute atomic E-state index is 11.6. The van der Waals surface area contributed by atoms with Crippen LogP contribution in [0.5, 0.6) is 0 Å². The van der Waals surface area contributed by atoms with Gasteiger partial charge in [-0.2, -0.15) is 5.26 Å². The Morgan fingerprint density at radius 2 is 2.05 bits per heavy atom. The van der Waals surface area contributed by atoms with E-state index >= 15 is 0 Å². The summed E-state index contributed by atoms with van der Waals surface area (Å²) in [7, 11) is 0. The predicted octanol–water partition coefficient (Wildman–Crippen LogP) is 1.32. The number of nitrogens with zero attached hydrogens (tertiary/aromatic N) is 1. The van der Waals surface area contributed by atoms with Gasteiger partial charge in [0.2, 0.25) is 5.91 Å². The molecule has 0 aromatic heterocycles. The summed E-state index contributed by atoms with van der Waals surface area (Å²) in [4.78, 5) is 22.7. The predicted molar refractivity (Wildman–Crippen MR) is 75.1 cm³/mol. The van der Waals surface area contributed by atoms with Gasteiger partial charge in [-0.15, -0.1) is 0 Å². The van der Waals surface area contributed by atoms with Crippen molar-refractivity contribution >= 4 is 11.9 Å². The van der Waals surface area contributed by atoms with Gasteiger partial charge in [0, 0.05) is 5.92 Å². The van der Waals surface area contributed by atoms with Gasteiger partial charge in [0.05, 0.1) is 12.7 Å². The minimum Gasteiger partial charge on any atom is -0.480 e. The number of carboxylic acids is 1. The maximum Gasteiger partial charge on any atom is 0.326 e. The number of rotatable bonds is 8. The topological polar surface area (TPSA) is 99.4 Å². The fourth-order valence-electron chi connectivity index (χ4n) is 1.70. The van der Waals surface area contributed by atoms with E-state index in [0.717, 1.165) is 5.56 Å². The molecule has 112 valence electrons. The van der Waals surface area contributed by atoms with E-state index in [-0.39, 0.29) is 19.6 Å². The van der Waals surface area contributed by atoms with Crippen LogP contribution in [0.2, 0.25) is 0 Å². The van der Waals surface area contributed by atoms with Gasteiger partial charge in [-0.1, -0.05) is 30.3 Å². The third-order valence-electron chi connectivity index (χ3n) is 2.79. The highest BCUT2D eigenvalue weighted by Gasteiger charge is 2.22. The third-order valence-corrected chi connectivity index (χ3v) is 2.79. The van der Waals surface area contributed by atoms with Crippen molar-refractivity contribution < 1.29 is 19.4 Å². The molecule has 0 radical (unpaired) electrons. The summed E-state index contributed by atoms with van der Waals surface area (Å²) < 4.78 is 5.22. The zero-order chi connectivity index (χ0) is 15.7. The Morgan fingerprint density at radius 3 is 2.62 bits per heavy atom. The van der Waals surface area contributed by atoms with Gasteiger partial charge in [0.15, 0.2) is 0 Å². The van der Waals surface area contributed by atoms with E-state index in [2.05, 4.69) is 5.32 Å². The number of nitrogens with one attached hydrogen (secondary N) is 1. The van der Waals surface area contributed by atoms with E-state index in [1.807, 2.05) is 36.4 Å². The summed E-state index contributed by atoms with van der Waals surface area (Å²) in [6.45, 7) is 1.66. The van der Waals surface area contributed by atoms with Crippen LogP contribution in [0.3, 0.4) is 0 Å². The van der Waals surface area contributed by atoms with Crippen LogP contribution >= 0.6 is 0 Å². The lowest BCUT2D eigenvalue weighted by Gasteiger charge is -2.15. The van der Waals surface area contributed by atoms with Gasteiger partial charge >= 0.3 is 5.97 Å². The number of carboxylic acid groups (broad SMARTS) is 1. The number of hydrogen-bond acceptors (Lipinski definition) is 4. The molecule has 6 heteroatoms. The van der Waals surface area contributed by atoms with Crippen LogP contribution in [0.25, 0.3) is 0 Å². The fraction of sp³-hybridized carbons (Fsp3) is 0.400. The minimum atomic E-state index is -1.16. The molecule has 2 atom stereocenters. The van der Waals surface area contributed by atoms with Crippen LogP contribution in [-0.2, 0) is 20.9 Å². The maximum atomic E-state index is 11.6. The third kappa shape index (κ3) is 6.54. The summed E-state index contributed by atoms with van der Waals surface area (Å²) >= 11 is 0. The van der Waals surface area contributed by atoms with Gasteiger partial charge in [-0.05, 0) is 18.9 Å². The van der Waals surface area contributed by atoms with Gasteiger partial charge < -0.3 is 15.2 Å². The van der Waals surface area contributed by atoms with Crippen LogP contribution in [-0.4, -0.2) is 29.6 Å². The summed E-state index contributed by atoms with van der Waals surface area (Å²) in [6.07, 6.45) is 0.0657. The quantitative estimate of drug-likeness (QED) is 0.752. The second-order valence-electron chi connectivity index (χ2n) is 4.70. The molecule has 0 unspecified atom stereocenters. The van der Waals surface area contributed by atoms with Crippen molar-refractivity contribution in [1.82, 2.24) is 5.32 Å². The number of carbonyl (C=O) groups excluding carboxylic acids is 1. The molecule has 1 rings (SSSR count). The van der Waals surface area contributed by atoms with Gasteiger partial charge in [-0.25, -0.2) is 4.79 Å². The smallest absolute Gasteiger partial charge is 0.326 e. The standard InChI is InChI=1S/C15H18N2O4/c1-11(8-16)7-13(15(19)20)17-14(18)10-21-9-12-5-3-2-4-6-12/h2-6,11,13H,7,9-10H2,1H3,(H,17,18)(H,19,20)/t11-,13+/m0/s1. The van der Waals surface area contributed by atoms with Gasteiger partial charge in [-0.3, -0.25) is 4.79 Å². The zero-order valence-electron chi connectivity index (χ0n) is 11.8. The summed E-state index contributed by atoms with van der Waals surface area (Å²) in [5.74, 6) is -2.12. The van der Waals surface area contributed by atoms with E-state index in [1.54, 1.807) is 6.92 Å². The molecule has 1 aromatic carbocycles. The Morgan fingerprint density at radius 1 is 1.38 bits per heavy atom. The highest BCUT2D eigenvalue weighted by Crippen LogP contribution is 2.05. The molecule has 0 saturated carbocycles. The van der Waals surface area contributed by atoms with Crippen molar-refractivity contribution in [3.05, 3.63) is 35.9 Å². The molecule has 1 amide bonds. The Kier molecular flexibility index (Phi) is 6.92. The normalized spacial score (nSPS) is 13.0. The average molecular weight is 290 g/mol. The number of hydrogen-bond donors (Lipinski definition) is 2. The van der Waals surface area contributed by atoms with Crippen LogP contribution in [0.4, 0.5) is 0 Å². The molecular weight excluding hydrogens is 272 g/mol. The summed E-state index contributed by atoms with van der Waals surface area (Å²) in [5.41, 5.74) is 0.929. The van der Waals surface area contributed by atoms with Crippen molar-refractivity contribution in [1.29, 1.82) is 5.26 Å². The molecule has 0 saturated heterocycles. The van der Waals surface area contributed by atoms with E-state index in [0.29, 0.717) is 0 Å². The molecular formula is C15H18N2O4. The molecule has 0 aliphatic heterocycles. The molecule has 0 fully saturated rings. The minimum absolute atomic E-state index is 0.0657. The van der Waals surface area contributed by atoms with E-state index < -0.39 is 23.8 Å². The molecule has 1 aromatic rings. The molecule has 21 heavy (non-hydrogen) atoms. The van der Waals surface area contributed by atoms with Gasteiger partial charge in [0.1, 0.15) is 12.6 Å². The largest absolute Gasteiger partial charge is 0.480 e. The first kappa shape index (κ1) is 16.7. The Balaban J connectivity index is 2.37. The molecule has 0 bridgehead atoms. The van der Waals surface area contributed by atoms with Crippen molar-refractivity contribution in [2.24, 2.45) is 5.92 Å². The van der Waals surface area contributed by atoms with Crippen LogP contribution in [0.1, 0.15) is 18.9 Å². The zero-order valence-corrected chi connectivity index (χ0v) is 11.8. The fourth-order valence-corrected chi connectivity index (χ4v) is 1.70. The second kappa shape index (κ2) is 8.72. The molecule has 0 heterocycles. The summed E-state index contributed by atoms with van der Waals surface area (Å²) in [5, 5.41) is 20.0. The monoisotopic (exact) mass is 290 g/mol. The SMILES string of the molecule is C[C@H](C#N)C[C@@H](NC(=O)COCc1ccccc1)C(=O)O. The van der Waals surface area contributed by atoms with Crippen molar-refractivity contribution in [2.45, 2.75) is 26.0 Å². The molecule has 0 aliphatic carbocycles. The first-order valence-corrected chi connectivity index (χ1v) is 6.56. The van der Waals surface area contributed by atoms with Gasteiger partial charge in [0.25, 0.3) is 0 Å². The number of amides is 1. The number of nitriles is 1. The molecule has 2 N–H and O–H groups in total. The molecule has 0 spiro atoms.